The summed E-state index contributed by atoms with van der Waals surface area (Å²) in [5, 5.41) is 14.0. The van der Waals surface area contributed by atoms with Gasteiger partial charge in [0.2, 0.25) is 10.0 Å². The molecule has 0 atom stereocenters. The van der Waals surface area contributed by atoms with Crippen molar-refractivity contribution in [2.45, 2.75) is 4.90 Å². The molecule has 0 saturated heterocycles. The lowest BCUT2D eigenvalue weighted by atomic mass is 10.2. The first-order chi connectivity index (χ1) is 15.8. The highest BCUT2D eigenvalue weighted by atomic mass is 32.2. The van der Waals surface area contributed by atoms with Gasteiger partial charge in [0.25, 0.3) is 5.91 Å². The summed E-state index contributed by atoms with van der Waals surface area (Å²) in [5.41, 5.74) is 1.79. The minimum atomic E-state index is -3.83. The maximum Gasteiger partial charge on any atom is 0.342 e. The molecule has 33 heavy (non-hydrogen) atoms. The van der Waals surface area contributed by atoms with Crippen molar-refractivity contribution in [3.05, 3.63) is 83.9 Å². The number of hydrogen-bond donors (Lipinski definition) is 2. The molecule has 2 aromatic heterocycles. The number of nitrogens with one attached hydrogen (secondary N) is 1. The molecule has 0 unspecified atom stereocenters. The van der Waals surface area contributed by atoms with E-state index in [-0.39, 0.29) is 10.5 Å². The summed E-state index contributed by atoms with van der Waals surface area (Å²) in [6.07, 6.45) is 1.57. The Labute approximate surface area is 193 Å². The second-order valence-electron chi connectivity index (χ2n) is 6.84. The first kappa shape index (κ1) is 22.4. The molecule has 0 radical (unpaired) electrons. The number of para-hydroxylation sites is 1. The van der Waals surface area contributed by atoms with Gasteiger partial charge in [0.15, 0.2) is 6.61 Å². The Balaban J connectivity index is 1.47. The zero-order valence-corrected chi connectivity index (χ0v) is 18.7. The molecule has 3 N–H and O–H groups in total. The number of ether oxygens (including phenoxy) is 1. The lowest BCUT2D eigenvalue weighted by molar-refractivity contribution is -0.119. The number of primary sulfonamides is 1. The van der Waals surface area contributed by atoms with E-state index in [9.17, 15) is 18.0 Å². The third-order valence-corrected chi connectivity index (χ3v) is 6.32. The molecule has 0 fully saturated rings. The van der Waals surface area contributed by atoms with E-state index in [4.69, 9.17) is 9.88 Å². The Bertz CT molecular complexity index is 1380. The van der Waals surface area contributed by atoms with Crippen LogP contribution in [0.3, 0.4) is 0 Å². The van der Waals surface area contributed by atoms with Gasteiger partial charge >= 0.3 is 5.97 Å². The number of benzene rings is 2. The summed E-state index contributed by atoms with van der Waals surface area (Å²) in [6, 6.07) is 18.3. The number of nitrogens with two attached hydrogens (primary N) is 1. The average molecular weight is 483 g/mol. The van der Waals surface area contributed by atoms with Crippen molar-refractivity contribution in [1.29, 1.82) is 0 Å². The fourth-order valence-electron chi connectivity index (χ4n) is 2.97. The lowest BCUT2D eigenvalue weighted by Gasteiger charge is -2.07. The Kier molecular flexibility index (Phi) is 6.36. The van der Waals surface area contributed by atoms with E-state index in [1.165, 1.54) is 35.6 Å². The van der Waals surface area contributed by atoms with Crippen LogP contribution in [-0.2, 0) is 19.6 Å². The van der Waals surface area contributed by atoms with Crippen molar-refractivity contribution in [1.82, 2.24) is 9.78 Å². The van der Waals surface area contributed by atoms with Crippen LogP contribution in [0.1, 0.15) is 10.4 Å². The lowest BCUT2D eigenvalue weighted by Crippen LogP contribution is -2.21. The summed E-state index contributed by atoms with van der Waals surface area (Å²) < 4.78 is 29.4. The van der Waals surface area contributed by atoms with Crippen molar-refractivity contribution in [2.75, 3.05) is 11.9 Å². The van der Waals surface area contributed by atoms with Crippen molar-refractivity contribution >= 4 is 38.9 Å². The number of aromatic nitrogens is 2. The molecular weight excluding hydrogens is 464 g/mol. The van der Waals surface area contributed by atoms with Gasteiger partial charge in [-0.1, -0.05) is 24.3 Å². The van der Waals surface area contributed by atoms with Crippen LogP contribution in [0, 0.1) is 0 Å². The van der Waals surface area contributed by atoms with E-state index < -0.39 is 28.5 Å². The fourth-order valence-corrected chi connectivity index (χ4v) is 4.20. The Hall–Kier alpha value is -3.80. The summed E-state index contributed by atoms with van der Waals surface area (Å²) in [5.74, 6) is -1.28. The second kappa shape index (κ2) is 9.36. The minimum absolute atomic E-state index is 0.0801. The van der Waals surface area contributed by atoms with Crippen molar-refractivity contribution in [2.24, 2.45) is 5.14 Å². The quantitative estimate of drug-likeness (QED) is 0.389. The summed E-state index contributed by atoms with van der Waals surface area (Å²) in [4.78, 5) is 25.7. The second-order valence-corrected chi connectivity index (χ2v) is 9.35. The fraction of sp³-hybridized carbons (Fsp3) is 0.0455. The highest BCUT2D eigenvalue weighted by Gasteiger charge is 2.21. The van der Waals surface area contributed by atoms with Crippen LogP contribution in [0.2, 0.25) is 0 Å². The summed E-state index contributed by atoms with van der Waals surface area (Å²) in [6.45, 7) is -0.532. The molecule has 0 aliphatic heterocycles. The molecular formula is C22H18N4O5S2. The number of esters is 1. The predicted octanol–water partition coefficient (Wildman–Crippen LogP) is 3.04. The van der Waals surface area contributed by atoms with Crippen LogP contribution in [0.4, 0.5) is 5.69 Å². The number of thiophene rings is 1. The SMILES string of the molecule is NS(=O)(=O)c1ccc(NC(=O)COC(=O)c2cn(-c3ccccc3)nc2-c2cccs2)cc1. The Morgan fingerprint density at radius 2 is 1.76 bits per heavy atom. The van der Waals surface area contributed by atoms with Gasteiger partial charge in [0, 0.05) is 11.9 Å². The van der Waals surface area contributed by atoms with E-state index in [1.54, 1.807) is 10.9 Å². The van der Waals surface area contributed by atoms with Gasteiger partial charge < -0.3 is 10.1 Å². The largest absolute Gasteiger partial charge is 0.452 e. The van der Waals surface area contributed by atoms with E-state index in [1.807, 2.05) is 47.8 Å². The van der Waals surface area contributed by atoms with Gasteiger partial charge in [0.1, 0.15) is 11.3 Å². The normalized spacial score (nSPS) is 11.2. The number of rotatable bonds is 7. The minimum Gasteiger partial charge on any atom is -0.452 e. The topological polar surface area (TPSA) is 133 Å². The van der Waals surface area contributed by atoms with E-state index in [0.717, 1.165) is 10.6 Å². The Morgan fingerprint density at radius 3 is 2.39 bits per heavy atom. The standard InChI is InChI=1S/C22H18N4O5S2/c23-33(29,30)17-10-8-15(9-11-17)24-20(27)14-31-22(28)18-13-26(16-5-2-1-3-6-16)25-21(18)19-7-4-12-32-19/h1-13H,14H2,(H,24,27)(H2,23,29,30). The maximum atomic E-state index is 12.8. The number of carbonyl (C=O) groups is 2. The van der Waals surface area contributed by atoms with Crippen LogP contribution < -0.4 is 10.5 Å². The molecule has 0 spiro atoms. The summed E-state index contributed by atoms with van der Waals surface area (Å²) in [7, 11) is -3.83. The third kappa shape index (κ3) is 5.34. The number of nitrogens with zero attached hydrogens (tertiary/aromatic N) is 2. The molecule has 0 saturated carbocycles. The number of carbonyl (C=O) groups excluding carboxylic acids is 2. The monoisotopic (exact) mass is 482 g/mol. The first-order valence-electron chi connectivity index (χ1n) is 9.60. The molecule has 9 nitrogen and oxygen atoms in total. The molecule has 1 amide bonds. The molecule has 4 aromatic rings. The van der Waals surface area contributed by atoms with Crippen LogP contribution in [0.25, 0.3) is 16.3 Å². The molecule has 2 aromatic carbocycles. The van der Waals surface area contributed by atoms with Gasteiger partial charge in [0.05, 0.1) is 15.5 Å². The van der Waals surface area contributed by atoms with Crippen LogP contribution >= 0.6 is 11.3 Å². The number of hydrogen-bond acceptors (Lipinski definition) is 7. The van der Waals surface area contributed by atoms with Gasteiger partial charge in [-0.25, -0.2) is 23.0 Å². The molecule has 11 heteroatoms. The zero-order chi connectivity index (χ0) is 23.4. The first-order valence-corrected chi connectivity index (χ1v) is 12.0. The van der Waals surface area contributed by atoms with Crippen molar-refractivity contribution in [3.8, 4) is 16.3 Å². The van der Waals surface area contributed by atoms with Crippen LogP contribution in [0.15, 0.2) is 83.2 Å². The maximum absolute atomic E-state index is 12.8. The van der Waals surface area contributed by atoms with E-state index in [2.05, 4.69) is 10.4 Å². The summed E-state index contributed by atoms with van der Waals surface area (Å²) >= 11 is 1.43. The van der Waals surface area contributed by atoms with Crippen LogP contribution in [-0.4, -0.2) is 36.7 Å². The molecule has 0 aliphatic rings. The third-order valence-electron chi connectivity index (χ3n) is 4.51. The molecule has 168 valence electrons. The molecule has 2 heterocycles. The van der Waals surface area contributed by atoms with E-state index in [0.29, 0.717) is 11.4 Å². The highest BCUT2D eigenvalue weighted by molar-refractivity contribution is 7.89. The predicted molar refractivity (Wildman–Crippen MR) is 124 cm³/mol. The Morgan fingerprint density at radius 1 is 1.03 bits per heavy atom. The van der Waals surface area contributed by atoms with Crippen molar-refractivity contribution < 1.29 is 22.7 Å². The number of sulfonamides is 1. The molecule has 0 aliphatic carbocycles. The van der Waals surface area contributed by atoms with Crippen molar-refractivity contribution in [3.63, 3.8) is 0 Å². The smallest absolute Gasteiger partial charge is 0.342 e. The van der Waals surface area contributed by atoms with Gasteiger partial charge in [-0.2, -0.15) is 5.10 Å². The number of amides is 1. The van der Waals surface area contributed by atoms with E-state index >= 15 is 0 Å². The molecule has 0 bridgehead atoms. The zero-order valence-electron chi connectivity index (χ0n) is 17.0. The molecule has 4 rings (SSSR count). The number of anilines is 1. The highest BCUT2D eigenvalue weighted by Crippen LogP contribution is 2.28. The average Bonchev–Trinajstić information content (AvgIpc) is 3.48. The van der Waals surface area contributed by atoms with Crippen LogP contribution in [0.5, 0.6) is 0 Å². The van der Waals surface area contributed by atoms with Gasteiger partial charge in [-0.05, 0) is 47.8 Å². The van der Waals surface area contributed by atoms with Gasteiger partial charge in [-0.3, -0.25) is 4.79 Å². The van der Waals surface area contributed by atoms with Gasteiger partial charge in [-0.15, -0.1) is 11.3 Å².